The molecule has 1 heterocycles. The molecule has 4 atom stereocenters. The SMILES string of the molecule is CCc1cccc(CNC[C@H](O)[C@@H](Cc2cc(F)cc(F)c2)NC(=O)CCC(=O)c2ccc3c(c2)C2C=CC=CC2O3)c1. The zero-order valence-corrected chi connectivity index (χ0v) is 24.1. The molecule has 5 rings (SSSR count). The first-order chi connectivity index (χ1) is 20.8. The van der Waals surface area contributed by atoms with Crippen molar-refractivity contribution in [2.24, 2.45) is 0 Å². The number of hydrogen-bond donors (Lipinski definition) is 3. The molecule has 0 fully saturated rings. The summed E-state index contributed by atoms with van der Waals surface area (Å²) in [6.07, 6.45) is 7.59. The average Bonchev–Trinajstić information content (AvgIpc) is 3.37. The molecule has 0 bridgehead atoms. The van der Waals surface area contributed by atoms with Crippen LogP contribution in [0.2, 0.25) is 0 Å². The van der Waals surface area contributed by atoms with Gasteiger partial charge in [0.1, 0.15) is 23.5 Å². The summed E-state index contributed by atoms with van der Waals surface area (Å²) >= 11 is 0. The zero-order chi connectivity index (χ0) is 30.3. The summed E-state index contributed by atoms with van der Waals surface area (Å²) in [7, 11) is 0. The van der Waals surface area contributed by atoms with Crippen LogP contribution in [0.5, 0.6) is 5.75 Å². The second kappa shape index (κ2) is 13.9. The van der Waals surface area contributed by atoms with Gasteiger partial charge in [0.05, 0.1) is 12.1 Å². The van der Waals surface area contributed by atoms with E-state index in [1.54, 1.807) is 12.1 Å². The lowest BCUT2D eigenvalue weighted by Crippen LogP contribution is -2.48. The molecule has 224 valence electrons. The molecule has 2 unspecified atom stereocenters. The maximum absolute atomic E-state index is 13.9. The lowest BCUT2D eigenvalue weighted by atomic mass is 9.90. The summed E-state index contributed by atoms with van der Waals surface area (Å²) in [5, 5.41) is 17.0. The second-order valence-corrected chi connectivity index (χ2v) is 11.1. The van der Waals surface area contributed by atoms with Crippen LogP contribution in [-0.2, 0) is 24.2 Å². The third-order valence-electron chi connectivity index (χ3n) is 7.89. The predicted octanol–water partition coefficient (Wildman–Crippen LogP) is 5.34. The van der Waals surface area contributed by atoms with E-state index in [2.05, 4.69) is 23.6 Å². The van der Waals surface area contributed by atoms with Gasteiger partial charge in [-0.05, 0) is 65.9 Å². The summed E-state index contributed by atoms with van der Waals surface area (Å²) < 4.78 is 33.7. The number of aryl methyl sites for hydroxylation is 1. The van der Waals surface area contributed by atoms with Gasteiger partial charge in [0.15, 0.2) is 5.78 Å². The summed E-state index contributed by atoms with van der Waals surface area (Å²) in [4.78, 5) is 26.0. The molecule has 2 aliphatic rings. The van der Waals surface area contributed by atoms with E-state index in [0.29, 0.717) is 17.7 Å². The van der Waals surface area contributed by atoms with Gasteiger partial charge < -0.3 is 20.5 Å². The lowest BCUT2D eigenvalue weighted by molar-refractivity contribution is -0.122. The number of carbonyl (C=O) groups is 2. The van der Waals surface area contributed by atoms with E-state index in [-0.39, 0.29) is 43.6 Å². The molecule has 8 heteroatoms. The van der Waals surface area contributed by atoms with Gasteiger partial charge in [0.25, 0.3) is 0 Å². The fraction of sp³-hybridized carbons (Fsp3) is 0.314. The summed E-state index contributed by atoms with van der Waals surface area (Å²) in [6, 6.07) is 15.7. The number of allylic oxidation sites excluding steroid dienone is 2. The Balaban J connectivity index is 1.20. The molecular formula is C35H36F2N2O4. The third kappa shape index (κ3) is 7.83. The summed E-state index contributed by atoms with van der Waals surface area (Å²) in [5.41, 5.74) is 4.01. The van der Waals surface area contributed by atoms with Crippen LogP contribution in [0.15, 0.2) is 85.0 Å². The number of fused-ring (bicyclic) bond motifs is 3. The number of amides is 1. The van der Waals surface area contributed by atoms with Gasteiger partial charge in [0, 0.05) is 49.0 Å². The van der Waals surface area contributed by atoms with Crippen molar-refractivity contribution in [1.82, 2.24) is 10.6 Å². The largest absolute Gasteiger partial charge is 0.485 e. The van der Waals surface area contributed by atoms with Crippen LogP contribution in [0.1, 0.15) is 58.3 Å². The number of hydrogen-bond acceptors (Lipinski definition) is 5. The van der Waals surface area contributed by atoms with Crippen molar-refractivity contribution in [2.45, 2.75) is 63.3 Å². The average molecular weight is 587 g/mol. The molecule has 0 saturated heterocycles. The maximum Gasteiger partial charge on any atom is 0.220 e. The molecule has 1 amide bonds. The van der Waals surface area contributed by atoms with Crippen molar-refractivity contribution in [2.75, 3.05) is 6.54 Å². The number of halogens is 2. The number of aliphatic hydroxyl groups excluding tert-OH is 1. The minimum atomic E-state index is -1.05. The molecule has 0 radical (unpaired) electrons. The quantitative estimate of drug-likeness (QED) is 0.236. The van der Waals surface area contributed by atoms with Gasteiger partial charge in [-0.25, -0.2) is 8.78 Å². The van der Waals surface area contributed by atoms with Crippen LogP contribution >= 0.6 is 0 Å². The second-order valence-electron chi connectivity index (χ2n) is 11.1. The Morgan fingerprint density at radius 2 is 1.70 bits per heavy atom. The molecule has 0 spiro atoms. The van der Waals surface area contributed by atoms with Crippen LogP contribution < -0.4 is 15.4 Å². The first-order valence-electron chi connectivity index (χ1n) is 14.7. The molecule has 3 aromatic carbocycles. The lowest BCUT2D eigenvalue weighted by Gasteiger charge is -2.25. The Morgan fingerprint density at radius 3 is 2.49 bits per heavy atom. The van der Waals surface area contributed by atoms with Gasteiger partial charge in [0.2, 0.25) is 5.91 Å². The van der Waals surface area contributed by atoms with Gasteiger partial charge in [-0.3, -0.25) is 9.59 Å². The van der Waals surface area contributed by atoms with E-state index in [9.17, 15) is 23.5 Å². The van der Waals surface area contributed by atoms with E-state index < -0.39 is 29.7 Å². The molecule has 0 saturated carbocycles. The number of ketones is 1. The number of benzene rings is 3. The Morgan fingerprint density at radius 1 is 0.930 bits per heavy atom. The Hall–Kier alpha value is -4.14. The highest BCUT2D eigenvalue weighted by atomic mass is 19.1. The molecule has 0 aromatic heterocycles. The minimum absolute atomic E-state index is 0.0118. The Kier molecular flexibility index (Phi) is 9.79. The van der Waals surface area contributed by atoms with Crippen molar-refractivity contribution in [3.8, 4) is 5.75 Å². The van der Waals surface area contributed by atoms with Crippen molar-refractivity contribution < 1.29 is 28.2 Å². The predicted molar refractivity (Wildman–Crippen MR) is 161 cm³/mol. The van der Waals surface area contributed by atoms with Gasteiger partial charge >= 0.3 is 0 Å². The maximum atomic E-state index is 13.9. The Labute approximate surface area is 250 Å². The number of rotatable bonds is 13. The van der Waals surface area contributed by atoms with E-state index in [1.165, 1.54) is 17.7 Å². The minimum Gasteiger partial charge on any atom is -0.485 e. The van der Waals surface area contributed by atoms with Crippen molar-refractivity contribution in [3.63, 3.8) is 0 Å². The van der Waals surface area contributed by atoms with Gasteiger partial charge in [-0.15, -0.1) is 0 Å². The molecule has 43 heavy (non-hydrogen) atoms. The molecule has 1 aliphatic heterocycles. The topological polar surface area (TPSA) is 87.7 Å². The Bertz CT molecular complexity index is 1520. The van der Waals surface area contributed by atoms with Crippen LogP contribution in [0.4, 0.5) is 8.78 Å². The molecular weight excluding hydrogens is 550 g/mol. The summed E-state index contributed by atoms with van der Waals surface area (Å²) in [6.45, 7) is 2.73. The van der Waals surface area contributed by atoms with Crippen LogP contribution in [0.3, 0.4) is 0 Å². The van der Waals surface area contributed by atoms with Crippen LogP contribution in [0, 0.1) is 11.6 Å². The zero-order valence-electron chi connectivity index (χ0n) is 24.1. The molecule has 6 nitrogen and oxygen atoms in total. The van der Waals surface area contributed by atoms with Crippen molar-refractivity contribution in [3.05, 3.63) is 124 Å². The highest BCUT2D eigenvalue weighted by molar-refractivity contribution is 5.98. The van der Waals surface area contributed by atoms with Crippen LogP contribution in [0.25, 0.3) is 0 Å². The fourth-order valence-corrected chi connectivity index (χ4v) is 5.60. The van der Waals surface area contributed by atoms with E-state index >= 15 is 0 Å². The molecule has 3 N–H and O–H groups in total. The smallest absolute Gasteiger partial charge is 0.220 e. The highest BCUT2D eigenvalue weighted by Gasteiger charge is 2.32. The van der Waals surface area contributed by atoms with Crippen molar-refractivity contribution in [1.29, 1.82) is 0 Å². The third-order valence-corrected chi connectivity index (χ3v) is 7.89. The van der Waals surface area contributed by atoms with E-state index in [4.69, 9.17) is 4.74 Å². The monoisotopic (exact) mass is 586 g/mol. The molecule has 1 aliphatic carbocycles. The van der Waals surface area contributed by atoms with Crippen LogP contribution in [-0.4, -0.2) is 41.6 Å². The number of Topliss-reactive ketones (excluding diaryl/α,β-unsaturated/α-hetero) is 1. The highest BCUT2D eigenvalue weighted by Crippen LogP contribution is 2.41. The van der Waals surface area contributed by atoms with E-state index in [1.807, 2.05) is 48.6 Å². The number of carbonyl (C=O) groups excluding carboxylic acids is 2. The first kappa shape index (κ1) is 30.3. The standard InChI is InChI=1S/C35H36F2N2O4/c1-2-22-6-5-7-23(14-22)20-38-21-32(41)30(17-24-15-26(36)19-27(37)16-24)39-35(42)13-11-31(40)25-10-12-34-29(18-25)28-8-3-4-9-33(28)43-34/h3-10,12,14-16,18-19,28,30,32-33,38,41H,2,11,13,17,20-21H2,1H3,(H,39,42)/t28?,30-,32+,33?/m1/s1. The first-order valence-corrected chi connectivity index (χ1v) is 14.7. The summed E-state index contributed by atoms with van der Waals surface area (Å²) in [5.74, 6) is -1.29. The van der Waals surface area contributed by atoms with Gasteiger partial charge in [-0.1, -0.05) is 49.4 Å². The number of nitrogens with one attached hydrogen (secondary N) is 2. The molecule has 3 aromatic rings. The number of ether oxygens (including phenoxy) is 1. The fourth-order valence-electron chi connectivity index (χ4n) is 5.60. The van der Waals surface area contributed by atoms with Gasteiger partial charge in [-0.2, -0.15) is 0 Å². The normalized spacial score (nSPS) is 18.0. The number of aliphatic hydroxyl groups is 1. The van der Waals surface area contributed by atoms with Crippen molar-refractivity contribution >= 4 is 11.7 Å². The van der Waals surface area contributed by atoms with E-state index in [0.717, 1.165) is 29.4 Å².